The third-order valence-corrected chi connectivity index (χ3v) is 3.09. The van der Waals surface area contributed by atoms with Crippen molar-refractivity contribution in [3.05, 3.63) is 53.1 Å². The first-order chi connectivity index (χ1) is 9.63. The van der Waals surface area contributed by atoms with Crippen LogP contribution in [0.2, 0.25) is 0 Å². The fraction of sp³-hybridized carbons (Fsp3) is 0.444. The second kappa shape index (κ2) is 9.38. The molecule has 0 aliphatic heterocycles. The zero-order valence-corrected chi connectivity index (χ0v) is 13.1. The van der Waals surface area contributed by atoms with Gasteiger partial charge in [0.2, 0.25) is 0 Å². The minimum Gasteiger partial charge on any atom is -0.496 e. The highest BCUT2D eigenvalue weighted by molar-refractivity contribution is 5.32. The Morgan fingerprint density at radius 2 is 1.85 bits per heavy atom. The molecular formula is C18H26O2. The van der Waals surface area contributed by atoms with Gasteiger partial charge in [0.1, 0.15) is 5.75 Å². The molecule has 20 heavy (non-hydrogen) atoms. The molecule has 1 aromatic rings. The number of benzene rings is 1. The van der Waals surface area contributed by atoms with Crippen molar-refractivity contribution in [3.8, 4) is 5.75 Å². The highest BCUT2D eigenvalue weighted by Gasteiger charge is 2.00. The summed E-state index contributed by atoms with van der Waals surface area (Å²) in [7, 11) is 1.69. The van der Waals surface area contributed by atoms with E-state index in [-0.39, 0.29) is 0 Å². The average Bonchev–Trinajstić information content (AvgIpc) is 2.43. The molecule has 0 radical (unpaired) electrons. The third kappa shape index (κ3) is 6.58. The van der Waals surface area contributed by atoms with E-state index in [1.165, 1.54) is 11.1 Å². The molecule has 0 saturated carbocycles. The Kier molecular flexibility index (Phi) is 7.74. The first-order valence-corrected chi connectivity index (χ1v) is 7.12. The molecule has 0 atom stereocenters. The molecule has 0 N–H and O–H groups in total. The standard InChI is InChI=1S/C18H26O2/c1-15(2)8-7-9-16(3)12-13-20-14-17-10-5-6-11-18(17)19-4/h5-6,8,10-12H,7,9,13-14H2,1-4H3/b16-12+. The van der Waals surface area contributed by atoms with Gasteiger partial charge >= 0.3 is 0 Å². The van der Waals surface area contributed by atoms with E-state index >= 15 is 0 Å². The van der Waals surface area contributed by atoms with E-state index in [1.54, 1.807) is 7.11 Å². The zero-order chi connectivity index (χ0) is 14.8. The van der Waals surface area contributed by atoms with Gasteiger partial charge in [-0.15, -0.1) is 0 Å². The van der Waals surface area contributed by atoms with Crippen LogP contribution in [0.5, 0.6) is 5.75 Å². The normalized spacial score (nSPS) is 11.3. The molecule has 1 rings (SSSR count). The molecule has 110 valence electrons. The maximum atomic E-state index is 5.69. The molecule has 1 aromatic carbocycles. The van der Waals surface area contributed by atoms with Crippen molar-refractivity contribution in [2.75, 3.05) is 13.7 Å². The molecule has 0 amide bonds. The topological polar surface area (TPSA) is 18.5 Å². The van der Waals surface area contributed by atoms with Crippen LogP contribution in [-0.2, 0) is 11.3 Å². The van der Waals surface area contributed by atoms with Gasteiger partial charge in [0, 0.05) is 5.56 Å². The van der Waals surface area contributed by atoms with E-state index in [9.17, 15) is 0 Å². The van der Waals surface area contributed by atoms with E-state index in [2.05, 4.69) is 32.9 Å². The van der Waals surface area contributed by atoms with Gasteiger partial charge in [-0.3, -0.25) is 0 Å². The lowest BCUT2D eigenvalue weighted by atomic mass is 10.1. The van der Waals surface area contributed by atoms with Crippen LogP contribution < -0.4 is 4.74 Å². The van der Waals surface area contributed by atoms with Gasteiger partial charge in [0.25, 0.3) is 0 Å². The Labute approximate surface area is 123 Å². The SMILES string of the molecule is COc1ccccc1COC/C=C(\C)CCC=C(C)C. The summed E-state index contributed by atoms with van der Waals surface area (Å²) in [6, 6.07) is 7.96. The summed E-state index contributed by atoms with van der Waals surface area (Å²) in [5, 5.41) is 0. The van der Waals surface area contributed by atoms with Gasteiger partial charge in [-0.05, 0) is 39.7 Å². The number of hydrogen-bond donors (Lipinski definition) is 0. The highest BCUT2D eigenvalue weighted by atomic mass is 16.5. The maximum absolute atomic E-state index is 5.69. The molecular weight excluding hydrogens is 248 g/mol. The summed E-state index contributed by atoms with van der Waals surface area (Å²) < 4.78 is 11.0. The van der Waals surface area contributed by atoms with Crippen LogP contribution in [-0.4, -0.2) is 13.7 Å². The van der Waals surface area contributed by atoms with E-state index in [0.717, 1.165) is 24.2 Å². The summed E-state index contributed by atoms with van der Waals surface area (Å²) in [5.74, 6) is 0.886. The summed E-state index contributed by atoms with van der Waals surface area (Å²) >= 11 is 0. The summed E-state index contributed by atoms with van der Waals surface area (Å²) in [4.78, 5) is 0. The van der Waals surface area contributed by atoms with E-state index in [1.807, 2.05) is 24.3 Å². The molecule has 0 spiro atoms. The third-order valence-electron chi connectivity index (χ3n) is 3.09. The predicted molar refractivity (Wildman–Crippen MR) is 85.1 cm³/mol. The fourth-order valence-electron chi connectivity index (χ4n) is 1.88. The summed E-state index contributed by atoms with van der Waals surface area (Å²) in [6.07, 6.45) is 6.64. The van der Waals surface area contributed by atoms with Crippen molar-refractivity contribution in [3.63, 3.8) is 0 Å². The Balaban J connectivity index is 2.31. The number of hydrogen-bond acceptors (Lipinski definition) is 2. The van der Waals surface area contributed by atoms with Crippen molar-refractivity contribution in [2.45, 2.75) is 40.2 Å². The van der Waals surface area contributed by atoms with Gasteiger partial charge in [-0.1, -0.05) is 41.5 Å². The Morgan fingerprint density at radius 1 is 1.10 bits per heavy atom. The second-order valence-electron chi connectivity index (χ2n) is 5.20. The molecule has 0 aromatic heterocycles. The van der Waals surface area contributed by atoms with Crippen molar-refractivity contribution in [2.24, 2.45) is 0 Å². The van der Waals surface area contributed by atoms with E-state index in [4.69, 9.17) is 9.47 Å². The van der Waals surface area contributed by atoms with Crippen LogP contribution in [0, 0.1) is 0 Å². The summed E-state index contributed by atoms with van der Waals surface area (Å²) in [6.45, 7) is 7.66. The van der Waals surface area contributed by atoms with Gasteiger partial charge in [-0.2, -0.15) is 0 Å². The smallest absolute Gasteiger partial charge is 0.124 e. The molecule has 2 heteroatoms. The molecule has 0 fully saturated rings. The monoisotopic (exact) mass is 274 g/mol. The molecule has 0 aliphatic carbocycles. The van der Waals surface area contributed by atoms with Crippen molar-refractivity contribution < 1.29 is 9.47 Å². The van der Waals surface area contributed by atoms with Gasteiger partial charge in [0.05, 0.1) is 20.3 Å². The fourth-order valence-corrected chi connectivity index (χ4v) is 1.88. The van der Waals surface area contributed by atoms with Crippen LogP contribution in [0.4, 0.5) is 0 Å². The lowest BCUT2D eigenvalue weighted by Gasteiger charge is -2.08. The minimum atomic E-state index is 0.585. The first kappa shape index (κ1) is 16.5. The Morgan fingerprint density at radius 3 is 2.55 bits per heavy atom. The number of methoxy groups -OCH3 is 1. The van der Waals surface area contributed by atoms with Crippen LogP contribution >= 0.6 is 0 Å². The summed E-state index contributed by atoms with van der Waals surface area (Å²) in [5.41, 5.74) is 3.85. The number of rotatable bonds is 8. The molecule has 2 nitrogen and oxygen atoms in total. The van der Waals surface area contributed by atoms with E-state index in [0.29, 0.717) is 13.2 Å². The molecule has 0 unspecified atom stereocenters. The lowest BCUT2D eigenvalue weighted by molar-refractivity contribution is 0.146. The molecule has 0 saturated heterocycles. The first-order valence-electron chi connectivity index (χ1n) is 7.12. The highest BCUT2D eigenvalue weighted by Crippen LogP contribution is 2.18. The Hall–Kier alpha value is -1.54. The van der Waals surface area contributed by atoms with Crippen molar-refractivity contribution in [1.82, 2.24) is 0 Å². The lowest BCUT2D eigenvalue weighted by Crippen LogP contribution is -1.97. The van der Waals surface area contributed by atoms with Crippen LogP contribution in [0.15, 0.2) is 47.6 Å². The van der Waals surface area contributed by atoms with Crippen LogP contribution in [0.25, 0.3) is 0 Å². The Bertz CT molecular complexity index is 454. The quantitative estimate of drug-likeness (QED) is 0.495. The average molecular weight is 274 g/mol. The van der Waals surface area contributed by atoms with Gasteiger partial charge in [0.15, 0.2) is 0 Å². The maximum Gasteiger partial charge on any atom is 0.124 e. The molecule has 0 bridgehead atoms. The van der Waals surface area contributed by atoms with Gasteiger partial charge < -0.3 is 9.47 Å². The number of allylic oxidation sites excluding steroid dienone is 3. The number of ether oxygens (including phenoxy) is 2. The van der Waals surface area contributed by atoms with Crippen LogP contribution in [0.1, 0.15) is 39.2 Å². The minimum absolute atomic E-state index is 0.585. The van der Waals surface area contributed by atoms with Crippen molar-refractivity contribution in [1.29, 1.82) is 0 Å². The second-order valence-corrected chi connectivity index (χ2v) is 5.20. The number of para-hydroxylation sites is 1. The van der Waals surface area contributed by atoms with E-state index < -0.39 is 0 Å². The zero-order valence-electron chi connectivity index (χ0n) is 13.1. The molecule has 0 aliphatic rings. The predicted octanol–water partition coefficient (Wildman–Crippen LogP) is 4.90. The largest absolute Gasteiger partial charge is 0.496 e. The van der Waals surface area contributed by atoms with Crippen molar-refractivity contribution >= 4 is 0 Å². The van der Waals surface area contributed by atoms with Gasteiger partial charge in [-0.25, -0.2) is 0 Å². The molecule has 0 heterocycles. The van der Waals surface area contributed by atoms with Crippen LogP contribution in [0.3, 0.4) is 0 Å².